The molecule has 10 N–H and O–H groups in total. The molecule has 0 unspecified atom stereocenters. The summed E-state index contributed by atoms with van der Waals surface area (Å²) in [7, 11) is 0. The van der Waals surface area contributed by atoms with Gasteiger partial charge in [-0.3, -0.25) is 24.0 Å². The maximum Gasteiger partial charge on any atom is 0.326 e. The standard InChI is InChI=1S/C20H36N6O8/c1-10(22)16(29)23-11(2)17(30)25-13(7-8-15(27)28)19(32)24-12(3)18(31)26-14(20(33)34)6-4-5-9-21/h10-14H,4-9,21-22H2,1-3H3,(H,23,29)(H,24,32)(H,25,30)(H,26,31)(H,27,28)(H,33,34)/t10-,11-,12-,13-,14-/m0/s1. The third-order valence-electron chi connectivity index (χ3n) is 4.76. The van der Waals surface area contributed by atoms with Crippen LogP contribution in [0.5, 0.6) is 0 Å². The van der Waals surface area contributed by atoms with Gasteiger partial charge in [0.1, 0.15) is 24.2 Å². The van der Waals surface area contributed by atoms with Crippen LogP contribution in [0.25, 0.3) is 0 Å². The summed E-state index contributed by atoms with van der Waals surface area (Å²) in [5, 5.41) is 27.6. The first-order valence-electron chi connectivity index (χ1n) is 10.9. The molecular formula is C20H36N6O8. The molecule has 0 radical (unpaired) electrons. The molecule has 0 rings (SSSR count). The summed E-state index contributed by atoms with van der Waals surface area (Å²) in [6.07, 6.45) is 0.477. The van der Waals surface area contributed by atoms with Crippen molar-refractivity contribution in [3.05, 3.63) is 0 Å². The Labute approximate surface area is 197 Å². The van der Waals surface area contributed by atoms with Gasteiger partial charge in [-0.25, -0.2) is 4.79 Å². The smallest absolute Gasteiger partial charge is 0.326 e. The van der Waals surface area contributed by atoms with Crippen molar-refractivity contribution < 1.29 is 39.0 Å². The molecule has 14 heteroatoms. The Morgan fingerprint density at radius 1 is 0.706 bits per heavy atom. The molecule has 0 aliphatic rings. The predicted molar refractivity (Wildman–Crippen MR) is 120 cm³/mol. The zero-order chi connectivity index (χ0) is 26.4. The van der Waals surface area contributed by atoms with E-state index in [0.717, 1.165) is 0 Å². The molecule has 0 bridgehead atoms. The zero-order valence-electron chi connectivity index (χ0n) is 19.6. The first kappa shape index (κ1) is 30.7. The van der Waals surface area contributed by atoms with Crippen LogP contribution in [0.15, 0.2) is 0 Å². The van der Waals surface area contributed by atoms with Gasteiger partial charge < -0.3 is 42.9 Å². The van der Waals surface area contributed by atoms with Crippen molar-refractivity contribution in [3.63, 3.8) is 0 Å². The predicted octanol–water partition coefficient (Wildman–Crippen LogP) is -2.61. The van der Waals surface area contributed by atoms with Gasteiger partial charge in [0, 0.05) is 6.42 Å². The number of hydrogen-bond acceptors (Lipinski definition) is 8. The third-order valence-corrected chi connectivity index (χ3v) is 4.76. The average molecular weight is 489 g/mol. The SMILES string of the molecule is C[C@H](N)C(=O)N[C@@H](C)C(=O)N[C@@H](CCC(=O)O)C(=O)N[C@@H](C)C(=O)N[C@@H](CCCCN)C(=O)O. The maximum atomic E-state index is 12.7. The van der Waals surface area contributed by atoms with E-state index in [9.17, 15) is 33.9 Å². The number of nitrogens with two attached hydrogens (primary N) is 2. The van der Waals surface area contributed by atoms with Crippen molar-refractivity contribution in [2.24, 2.45) is 11.5 Å². The van der Waals surface area contributed by atoms with Crippen LogP contribution >= 0.6 is 0 Å². The molecule has 14 nitrogen and oxygen atoms in total. The fourth-order valence-corrected chi connectivity index (χ4v) is 2.67. The van der Waals surface area contributed by atoms with Gasteiger partial charge in [0.05, 0.1) is 6.04 Å². The molecule has 0 fully saturated rings. The van der Waals surface area contributed by atoms with Gasteiger partial charge in [0.25, 0.3) is 0 Å². The molecule has 0 spiro atoms. The normalized spacial score (nSPS) is 15.1. The van der Waals surface area contributed by atoms with Crippen LogP contribution in [-0.4, -0.2) is 82.5 Å². The summed E-state index contributed by atoms with van der Waals surface area (Å²) in [5.41, 5.74) is 10.8. The van der Waals surface area contributed by atoms with Gasteiger partial charge in [0.2, 0.25) is 23.6 Å². The van der Waals surface area contributed by atoms with E-state index in [1.54, 1.807) is 0 Å². The number of carbonyl (C=O) groups excluding carboxylic acids is 4. The fraction of sp³-hybridized carbons (Fsp3) is 0.700. The van der Waals surface area contributed by atoms with Gasteiger partial charge in [-0.05, 0) is 53.0 Å². The highest BCUT2D eigenvalue weighted by Gasteiger charge is 2.29. The summed E-state index contributed by atoms with van der Waals surface area (Å²) < 4.78 is 0. The van der Waals surface area contributed by atoms with Crippen LogP contribution in [-0.2, 0) is 28.8 Å². The van der Waals surface area contributed by atoms with Crippen molar-refractivity contribution >= 4 is 35.6 Å². The van der Waals surface area contributed by atoms with E-state index in [2.05, 4.69) is 21.3 Å². The lowest BCUT2D eigenvalue weighted by atomic mass is 10.1. The summed E-state index contributed by atoms with van der Waals surface area (Å²) in [5.74, 6) is -5.43. The van der Waals surface area contributed by atoms with Crippen LogP contribution in [0.4, 0.5) is 0 Å². The topological polar surface area (TPSA) is 243 Å². The van der Waals surface area contributed by atoms with Crippen LogP contribution < -0.4 is 32.7 Å². The molecule has 4 amide bonds. The number of carboxylic acids is 2. The second-order valence-corrected chi connectivity index (χ2v) is 7.93. The van der Waals surface area contributed by atoms with Crippen LogP contribution in [0, 0.1) is 0 Å². The first-order chi connectivity index (χ1) is 15.8. The monoisotopic (exact) mass is 488 g/mol. The van der Waals surface area contributed by atoms with Crippen molar-refractivity contribution in [3.8, 4) is 0 Å². The molecule has 0 aliphatic heterocycles. The van der Waals surface area contributed by atoms with Gasteiger partial charge >= 0.3 is 11.9 Å². The molecule has 194 valence electrons. The number of amides is 4. The Hall–Kier alpha value is -3.26. The second-order valence-electron chi connectivity index (χ2n) is 7.93. The Morgan fingerprint density at radius 3 is 1.65 bits per heavy atom. The van der Waals surface area contributed by atoms with E-state index in [4.69, 9.17) is 16.6 Å². The van der Waals surface area contributed by atoms with E-state index < -0.39 is 72.2 Å². The van der Waals surface area contributed by atoms with E-state index in [1.165, 1.54) is 20.8 Å². The molecule has 34 heavy (non-hydrogen) atoms. The highest BCUT2D eigenvalue weighted by atomic mass is 16.4. The third kappa shape index (κ3) is 12.1. The van der Waals surface area contributed by atoms with E-state index in [0.29, 0.717) is 19.4 Å². The molecule has 0 saturated carbocycles. The first-order valence-corrected chi connectivity index (χ1v) is 10.9. The van der Waals surface area contributed by atoms with Gasteiger partial charge in [0.15, 0.2) is 0 Å². The van der Waals surface area contributed by atoms with Crippen molar-refractivity contribution in [1.82, 2.24) is 21.3 Å². The molecule has 0 saturated heterocycles. The Morgan fingerprint density at radius 2 is 1.21 bits per heavy atom. The summed E-state index contributed by atoms with van der Waals surface area (Å²) >= 11 is 0. The van der Waals surface area contributed by atoms with E-state index in [-0.39, 0.29) is 12.8 Å². The molecule has 0 aromatic heterocycles. The lowest BCUT2D eigenvalue weighted by Crippen LogP contribution is -2.57. The number of unbranched alkanes of at least 4 members (excludes halogenated alkanes) is 1. The van der Waals surface area contributed by atoms with E-state index >= 15 is 0 Å². The molecule has 5 atom stereocenters. The van der Waals surface area contributed by atoms with Crippen LogP contribution in [0.2, 0.25) is 0 Å². The minimum absolute atomic E-state index is 0.154. The zero-order valence-corrected chi connectivity index (χ0v) is 19.6. The number of aliphatic carboxylic acids is 2. The number of carboxylic acid groups (broad SMARTS) is 2. The lowest BCUT2D eigenvalue weighted by Gasteiger charge is -2.23. The van der Waals surface area contributed by atoms with Crippen molar-refractivity contribution in [1.29, 1.82) is 0 Å². The molecule has 0 aromatic carbocycles. The van der Waals surface area contributed by atoms with Crippen LogP contribution in [0.3, 0.4) is 0 Å². The number of nitrogens with one attached hydrogen (secondary N) is 4. The summed E-state index contributed by atoms with van der Waals surface area (Å²) in [6, 6.07) is -5.61. The number of carbonyl (C=O) groups is 6. The fourth-order valence-electron chi connectivity index (χ4n) is 2.67. The molecule has 0 aliphatic carbocycles. The minimum atomic E-state index is -1.33. The van der Waals surface area contributed by atoms with Crippen molar-refractivity contribution in [2.75, 3.05) is 6.54 Å². The van der Waals surface area contributed by atoms with E-state index in [1.807, 2.05) is 0 Å². The largest absolute Gasteiger partial charge is 0.481 e. The molecular weight excluding hydrogens is 452 g/mol. The maximum absolute atomic E-state index is 12.7. The minimum Gasteiger partial charge on any atom is -0.481 e. The molecule has 0 heterocycles. The number of rotatable bonds is 16. The number of hydrogen-bond donors (Lipinski definition) is 8. The second kappa shape index (κ2) is 15.6. The quantitative estimate of drug-likeness (QED) is 0.105. The van der Waals surface area contributed by atoms with Crippen LogP contribution in [0.1, 0.15) is 52.9 Å². The Balaban J connectivity index is 5.15. The summed E-state index contributed by atoms with van der Waals surface area (Å²) in [6.45, 7) is 4.47. The molecule has 0 aromatic rings. The average Bonchev–Trinajstić information content (AvgIpc) is 2.74. The highest BCUT2D eigenvalue weighted by Crippen LogP contribution is 2.03. The van der Waals surface area contributed by atoms with Gasteiger partial charge in [-0.2, -0.15) is 0 Å². The Bertz CT molecular complexity index is 745. The lowest BCUT2D eigenvalue weighted by molar-refractivity contribution is -0.142. The van der Waals surface area contributed by atoms with Crippen molar-refractivity contribution in [2.45, 2.75) is 83.1 Å². The summed E-state index contributed by atoms with van der Waals surface area (Å²) in [4.78, 5) is 71.4. The van der Waals surface area contributed by atoms with Gasteiger partial charge in [-0.15, -0.1) is 0 Å². The van der Waals surface area contributed by atoms with Gasteiger partial charge in [-0.1, -0.05) is 0 Å². The Kier molecular flexibility index (Phi) is 14.1. The highest BCUT2D eigenvalue weighted by molar-refractivity contribution is 5.95.